The lowest BCUT2D eigenvalue weighted by molar-refractivity contribution is -0.139. The second kappa shape index (κ2) is 3.92. The van der Waals surface area contributed by atoms with Crippen LogP contribution in [0, 0.1) is 0 Å². The fraction of sp³-hybridized carbons (Fsp3) is 0.286. The normalized spacial score (nSPS) is 12.2. The number of nitrogen functional groups attached to an aromatic ring is 1. The third-order valence-electron chi connectivity index (χ3n) is 1.54. The molecule has 0 amide bonds. The summed E-state index contributed by atoms with van der Waals surface area (Å²) in [5.74, 6) is 0. The Hall–Kier alpha value is -0.920. The maximum absolute atomic E-state index is 12.3. The van der Waals surface area contributed by atoms with E-state index < -0.39 is 29.5 Å². The first kappa shape index (κ1) is 12.2. The van der Waals surface area contributed by atoms with Crippen LogP contribution < -0.4 is 5.73 Å². The third-order valence-corrected chi connectivity index (χ3v) is 1.94. The van der Waals surface area contributed by atoms with Crippen LogP contribution in [0.5, 0.6) is 0 Å². The van der Waals surface area contributed by atoms with Gasteiger partial charge in [0.2, 0.25) is 0 Å². The van der Waals surface area contributed by atoms with Crippen LogP contribution in [0.3, 0.4) is 0 Å². The molecule has 1 rings (SSSR count). The highest BCUT2D eigenvalue weighted by atomic mass is 79.9. The Bertz CT molecular complexity index is 376. The molecule has 0 bridgehead atoms. The van der Waals surface area contributed by atoms with Crippen LogP contribution in [0.1, 0.15) is 17.7 Å². The lowest BCUT2D eigenvalue weighted by Gasteiger charge is -2.14. The molecule has 8 heteroatoms. The van der Waals surface area contributed by atoms with Gasteiger partial charge in [-0.1, -0.05) is 0 Å². The van der Waals surface area contributed by atoms with Gasteiger partial charge >= 0.3 is 6.18 Å². The number of rotatable bonds is 1. The van der Waals surface area contributed by atoms with Crippen molar-refractivity contribution in [2.45, 2.75) is 12.6 Å². The minimum Gasteiger partial charge on any atom is -0.398 e. The molecular formula is C7H4BrF5N2. The molecule has 1 heterocycles. The lowest BCUT2D eigenvalue weighted by atomic mass is 10.1. The topological polar surface area (TPSA) is 38.9 Å². The van der Waals surface area contributed by atoms with E-state index in [2.05, 4.69) is 20.9 Å². The van der Waals surface area contributed by atoms with Crippen molar-refractivity contribution in [2.24, 2.45) is 0 Å². The van der Waals surface area contributed by atoms with Gasteiger partial charge in [0.25, 0.3) is 6.43 Å². The summed E-state index contributed by atoms with van der Waals surface area (Å²) >= 11 is 2.69. The smallest absolute Gasteiger partial charge is 0.398 e. The Morgan fingerprint density at radius 3 is 2.27 bits per heavy atom. The number of alkyl halides is 5. The zero-order chi connectivity index (χ0) is 11.8. The summed E-state index contributed by atoms with van der Waals surface area (Å²) in [6.07, 6.45) is -8.27. The highest BCUT2D eigenvalue weighted by Crippen LogP contribution is 2.39. The minimum atomic E-state index is -4.94. The molecule has 1 aromatic rings. The molecular weight excluding hydrogens is 287 g/mol. The minimum absolute atomic E-state index is 0.164. The van der Waals surface area contributed by atoms with Crippen LogP contribution in [0.2, 0.25) is 0 Å². The number of pyridine rings is 1. The number of hydrogen-bond donors (Lipinski definition) is 1. The van der Waals surface area contributed by atoms with Crippen LogP contribution in [0.4, 0.5) is 27.6 Å². The molecule has 84 valence electrons. The zero-order valence-electron chi connectivity index (χ0n) is 6.95. The monoisotopic (exact) mass is 290 g/mol. The van der Waals surface area contributed by atoms with Crippen LogP contribution in [0.15, 0.2) is 10.7 Å². The van der Waals surface area contributed by atoms with E-state index in [1.165, 1.54) is 0 Å². The molecule has 0 radical (unpaired) electrons. The van der Waals surface area contributed by atoms with Gasteiger partial charge in [-0.05, 0) is 22.0 Å². The van der Waals surface area contributed by atoms with Crippen molar-refractivity contribution in [1.82, 2.24) is 4.98 Å². The molecule has 0 fully saturated rings. The second-order valence-corrected chi connectivity index (χ2v) is 3.41. The van der Waals surface area contributed by atoms with Gasteiger partial charge < -0.3 is 5.73 Å². The van der Waals surface area contributed by atoms with Gasteiger partial charge in [-0.15, -0.1) is 0 Å². The molecule has 2 N–H and O–H groups in total. The summed E-state index contributed by atoms with van der Waals surface area (Å²) < 4.78 is 61.4. The highest BCUT2D eigenvalue weighted by molar-refractivity contribution is 9.10. The van der Waals surface area contributed by atoms with E-state index in [1.54, 1.807) is 0 Å². The zero-order valence-corrected chi connectivity index (χ0v) is 8.53. The Morgan fingerprint density at radius 1 is 1.33 bits per heavy atom. The van der Waals surface area contributed by atoms with E-state index in [-0.39, 0.29) is 4.60 Å². The van der Waals surface area contributed by atoms with Gasteiger partial charge in [0, 0.05) is 5.69 Å². The summed E-state index contributed by atoms with van der Waals surface area (Å²) in [5.41, 5.74) is 1.30. The molecule has 0 aliphatic carbocycles. The van der Waals surface area contributed by atoms with Crippen molar-refractivity contribution in [3.05, 3.63) is 21.9 Å². The number of aromatic nitrogens is 1. The van der Waals surface area contributed by atoms with E-state index in [0.29, 0.717) is 0 Å². The standard InChI is InChI=1S/C7H4BrF5N2/c8-3-1-2(14)4(7(11,12)13)5(15-3)6(9)10/h1,6H,(H2,14,15). The van der Waals surface area contributed by atoms with E-state index in [0.717, 1.165) is 6.07 Å². The average molecular weight is 291 g/mol. The van der Waals surface area contributed by atoms with E-state index >= 15 is 0 Å². The van der Waals surface area contributed by atoms with Crippen molar-refractivity contribution >= 4 is 21.6 Å². The van der Waals surface area contributed by atoms with Crippen molar-refractivity contribution < 1.29 is 22.0 Å². The van der Waals surface area contributed by atoms with E-state index in [9.17, 15) is 22.0 Å². The molecule has 0 atom stereocenters. The van der Waals surface area contributed by atoms with Gasteiger partial charge in [-0.2, -0.15) is 13.2 Å². The molecule has 0 aliphatic rings. The maximum atomic E-state index is 12.3. The fourth-order valence-electron chi connectivity index (χ4n) is 1.02. The van der Waals surface area contributed by atoms with Gasteiger partial charge in [0.1, 0.15) is 15.9 Å². The molecule has 0 spiro atoms. The van der Waals surface area contributed by atoms with Crippen molar-refractivity contribution in [3.8, 4) is 0 Å². The summed E-state index contributed by atoms with van der Waals surface area (Å²) in [6.45, 7) is 0. The van der Waals surface area contributed by atoms with Crippen LogP contribution in [0.25, 0.3) is 0 Å². The first-order chi connectivity index (χ1) is 6.73. The predicted octanol–water partition coefficient (Wildman–Crippen LogP) is 3.38. The predicted molar refractivity (Wildman–Crippen MR) is 46.3 cm³/mol. The quantitative estimate of drug-likeness (QED) is 0.636. The van der Waals surface area contributed by atoms with Crippen molar-refractivity contribution in [2.75, 3.05) is 5.73 Å². The summed E-state index contributed by atoms with van der Waals surface area (Å²) in [5, 5.41) is 0. The molecule has 0 aromatic carbocycles. The first-order valence-electron chi connectivity index (χ1n) is 3.54. The van der Waals surface area contributed by atoms with Crippen molar-refractivity contribution in [3.63, 3.8) is 0 Å². The summed E-state index contributed by atoms with van der Waals surface area (Å²) in [6, 6.07) is 0.828. The van der Waals surface area contributed by atoms with Gasteiger partial charge in [-0.3, -0.25) is 0 Å². The largest absolute Gasteiger partial charge is 0.420 e. The first-order valence-corrected chi connectivity index (χ1v) is 4.34. The van der Waals surface area contributed by atoms with Crippen LogP contribution >= 0.6 is 15.9 Å². The van der Waals surface area contributed by atoms with Gasteiger partial charge in [-0.25, -0.2) is 13.8 Å². The summed E-state index contributed by atoms with van der Waals surface area (Å²) in [7, 11) is 0. The lowest BCUT2D eigenvalue weighted by Crippen LogP contribution is -2.14. The van der Waals surface area contributed by atoms with Gasteiger partial charge in [0.05, 0.1) is 0 Å². The number of hydrogen-bond acceptors (Lipinski definition) is 2. The highest BCUT2D eigenvalue weighted by Gasteiger charge is 2.39. The van der Waals surface area contributed by atoms with Crippen LogP contribution in [-0.2, 0) is 6.18 Å². The molecule has 0 saturated heterocycles. The molecule has 2 nitrogen and oxygen atoms in total. The average Bonchev–Trinajstić information content (AvgIpc) is 1.99. The Morgan fingerprint density at radius 2 is 1.87 bits per heavy atom. The molecule has 15 heavy (non-hydrogen) atoms. The Balaban J connectivity index is 3.48. The fourth-order valence-corrected chi connectivity index (χ4v) is 1.46. The van der Waals surface area contributed by atoms with Gasteiger partial charge in [0.15, 0.2) is 0 Å². The second-order valence-electron chi connectivity index (χ2n) is 2.59. The molecule has 0 aliphatic heterocycles. The number of anilines is 1. The molecule has 0 unspecified atom stereocenters. The molecule has 1 aromatic heterocycles. The Labute approximate surface area is 89.4 Å². The Kier molecular flexibility index (Phi) is 3.17. The number of nitrogens with zero attached hydrogens (tertiary/aromatic N) is 1. The maximum Gasteiger partial charge on any atom is 0.420 e. The SMILES string of the molecule is Nc1cc(Br)nc(C(F)F)c1C(F)(F)F. The van der Waals surface area contributed by atoms with Crippen molar-refractivity contribution in [1.29, 1.82) is 0 Å². The third kappa shape index (κ3) is 2.55. The summed E-state index contributed by atoms with van der Waals surface area (Å²) in [4.78, 5) is 3.07. The van der Waals surface area contributed by atoms with E-state index in [4.69, 9.17) is 5.73 Å². The molecule has 0 saturated carbocycles. The van der Waals surface area contributed by atoms with Crippen LogP contribution in [-0.4, -0.2) is 4.98 Å². The number of nitrogens with two attached hydrogens (primary N) is 1. The number of halogens is 6. The van der Waals surface area contributed by atoms with E-state index in [1.807, 2.05) is 0 Å².